The Kier molecular flexibility index (Phi) is 6.56. The van der Waals surface area contributed by atoms with E-state index in [0.717, 1.165) is 33.4 Å². The van der Waals surface area contributed by atoms with Gasteiger partial charge in [-0.25, -0.2) is 15.0 Å². The molecule has 12 rings (SSSR count). The lowest BCUT2D eigenvalue weighted by Gasteiger charge is -2.12. The normalized spacial score (nSPS) is 11.9. The van der Waals surface area contributed by atoms with Crippen molar-refractivity contribution in [3.8, 4) is 51.0 Å². The van der Waals surface area contributed by atoms with Gasteiger partial charge in [-0.3, -0.25) is 0 Å². The molecule has 0 bridgehead atoms. The molecule has 4 heterocycles. The molecule has 0 aliphatic heterocycles. The highest BCUT2D eigenvalue weighted by Crippen LogP contribution is 2.43. The molecule has 0 unspecified atom stereocenters. The second-order valence-corrected chi connectivity index (χ2v) is 14.4. The molecular weight excluding hydrogens is 683 g/mol. The van der Waals surface area contributed by atoms with E-state index in [1.165, 1.54) is 60.0 Å². The van der Waals surface area contributed by atoms with Gasteiger partial charge >= 0.3 is 0 Å². The van der Waals surface area contributed by atoms with Crippen LogP contribution < -0.4 is 0 Å². The second-order valence-electron chi connectivity index (χ2n) is 14.4. The zero-order chi connectivity index (χ0) is 36.7. The Balaban J connectivity index is 1.05. The Bertz CT molecular complexity index is 3410. The number of rotatable bonds is 5. The van der Waals surface area contributed by atoms with Gasteiger partial charge in [-0.15, -0.1) is 0 Å². The number of benzene rings is 8. The summed E-state index contributed by atoms with van der Waals surface area (Å²) in [6.07, 6.45) is 0. The van der Waals surface area contributed by atoms with E-state index in [-0.39, 0.29) is 0 Å². The van der Waals surface area contributed by atoms with E-state index in [9.17, 15) is 0 Å². The third-order valence-electron chi connectivity index (χ3n) is 11.3. The average molecular weight is 714 g/mol. The average Bonchev–Trinajstić information content (AvgIpc) is 3.92. The minimum atomic E-state index is 0.633. The first-order valence-corrected chi connectivity index (χ1v) is 19.0. The topological polar surface area (TPSA) is 48.0 Å². The molecule has 0 N–H and O–H groups in total. The number of nitrogens with zero attached hydrogens (tertiary/aromatic N) is 5. The Morgan fingerprint density at radius 1 is 0.304 bits per heavy atom. The van der Waals surface area contributed by atoms with E-state index in [1.807, 2.05) is 60.7 Å². The fraction of sp³-hybridized carbons (Fsp3) is 0. The van der Waals surface area contributed by atoms with Gasteiger partial charge in [0.15, 0.2) is 17.5 Å². The lowest BCUT2D eigenvalue weighted by Crippen LogP contribution is -2.01. The van der Waals surface area contributed by atoms with Crippen molar-refractivity contribution in [1.82, 2.24) is 23.9 Å². The molecule has 0 fully saturated rings. The van der Waals surface area contributed by atoms with Gasteiger partial charge in [-0.2, -0.15) is 0 Å². The van der Waals surface area contributed by atoms with Crippen molar-refractivity contribution in [2.75, 3.05) is 0 Å². The van der Waals surface area contributed by atoms with E-state index in [0.29, 0.717) is 17.5 Å². The lowest BCUT2D eigenvalue weighted by atomic mass is 9.99. The summed E-state index contributed by atoms with van der Waals surface area (Å²) in [4.78, 5) is 15.0. The third-order valence-corrected chi connectivity index (χ3v) is 11.3. The van der Waals surface area contributed by atoms with Crippen LogP contribution in [0.2, 0.25) is 0 Å². The van der Waals surface area contributed by atoms with E-state index in [4.69, 9.17) is 15.0 Å². The van der Waals surface area contributed by atoms with Crippen molar-refractivity contribution < 1.29 is 0 Å². The monoisotopic (exact) mass is 713 g/mol. The van der Waals surface area contributed by atoms with Gasteiger partial charge in [0.2, 0.25) is 0 Å². The summed E-state index contributed by atoms with van der Waals surface area (Å²) in [6, 6.07) is 66.7. The van der Waals surface area contributed by atoms with Crippen molar-refractivity contribution in [3.05, 3.63) is 188 Å². The van der Waals surface area contributed by atoms with Crippen LogP contribution in [0.1, 0.15) is 0 Å². The standard InChI is InChI=1S/C51H31N5/c1-3-14-32(15-4-1)49-52-50(33-16-5-2-6-17-33)54-51(53-49)35-18-11-19-36(30-35)55-44-26-9-8-21-39(44)43-31-34(28-29-46(43)55)37-22-12-24-41-42-25-13-23-40-38-20-7-10-27-45(38)56(47(37)41)48(40)42/h1-31H. The predicted octanol–water partition coefficient (Wildman–Crippen LogP) is 12.8. The molecule has 0 aliphatic carbocycles. The van der Waals surface area contributed by atoms with Crippen LogP contribution in [-0.2, 0) is 0 Å². The zero-order valence-corrected chi connectivity index (χ0v) is 30.1. The fourth-order valence-electron chi connectivity index (χ4n) is 8.84. The highest BCUT2D eigenvalue weighted by atomic mass is 15.0. The largest absolute Gasteiger partial charge is 0.309 e. The molecule has 5 nitrogen and oxygen atoms in total. The smallest absolute Gasteiger partial charge is 0.164 e. The summed E-state index contributed by atoms with van der Waals surface area (Å²) in [5.74, 6) is 1.93. The molecule has 0 radical (unpaired) electrons. The molecule has 0 amide bonds. The van der Waals surface area contributed by atoms with Crippen molar-refractivity contribution in [1.29, 1.82) is 0 Å². The van der Waals surface area contributed by atoms with E-state index in [2.05, 4.69) is 136 Å². The van der Waals surface area contributed by atoms with Gasteiger partial charge in [0.25, 0.3) is 0 Å². The molecule has 260 valence electrons. The van der Waals surface area contributed by atoms with Crippen molar-refractivity contribution in [2.45, 2.75) is 0 Å². The van der Waals surface area contributed by atoms with Crippen LogP contribution in [0.15, 0.2) is 188 Å². The number of para-hydroxylation sites is 4. The number of fused-ring (bicyclic) bond motifs is 9. The van der Waals surface area contributed by atoms with E-state index in [1.54, 1.807) is 0 Å². The molecule has 0 saturated carbocycles. The molecule has 0 atom stereocenters. The summed E-state index contributed by atoms with van der Waals surface area (Å²) < 4.78 is 4.85. The highest BCUT2D eigenvalue weighted by molar-refractivity contribution is 6.25. The summed E-state index contributed by atoms with van der Waals surface area (Å²) in [5.41, 5.74) is 12.3. The van der Waals surface area contributed by atoms with Gasteiger partial charge in [0.1, 0.15) is 0 Å². The van der Waals surface area contributed by atoms with Gasteiger partial charge in [-0.05, 0) is 42.0 Å². The SMILES string of the molecule is c1ccc(-c2nc(-c3ccccc3)nc(-c3cccc(-n4c5ccccc5c5cc(-c6cccc7c8cccc9c%10ccccc%10n(c67)c98)ccc54)c3)n2)cc1. The van der Waals surface area contributed by atoms with E-state index < -0.39 is 0 Å². The van der Waals surface area contributed by atoms with Crippen molar-refractivity contribution in [2.24, 2.45) is 0 Å². The molecule has 56 heavy (non-hydrogen) atoms. The molecule has 12 aromatic rings. The number of hydrogen-bond donors (Lipinski definition) is 0. The molecule has 0 spiro atoms. The first-order chi connectivity index (χ1) is 27.8. The lowest BCUT2D eigenvalue weighted by molar-refractivity contribution is 1.07. The van der Waals surface area contributed by atoms with Gasteiger partial charge in [0.05, 0.1) is 27.6 Å². The van der Waals surface area contributed by atoms with Crippen molar-refractivity contribution in [3.63, 3.8) is 0 Å². The molecule has 4 aromatic heterocycles. The highest BCUT2D eigenvalue weighted by Gasteiger charge is 2.21. The molecular formula is C51H31N5. The maximum Gasteiger partial charge on any atom is 0.164 e. The van der Waals surface area contributed by atoms with Gasteiger partial charge in [-0.1, -0.05) is 152 Å². The maximum atomic E-state index is 5.03. The van der Waals surface area contributed by atoms with Crippen LogP contribution in [0.5, 0.6) is 0 Å². The van der Waals surface area contributed by atoms with Crippen LogP contribution in [0.25, 0.3) is 111 Å². The predicted molar refractivity (Wildman–Crippen MR) is 231 cm³/mol. The first kappa shape index (κ1) is 30.8. The minimum Gasteiger partial charge on any atom is -0.309 e. The zero-order valence-electron chi connectivity index (χ0n) is 30.1. The second kappa shape index (κ2) is 11.9. The van der Waals surface area contributed by atoms with Crippen LogP contribution >= 0.6 is 0 Å². The van der Waals surface area contributed by atoms with Crippen LogP contribution in [0, 0.1) is 0 Å². The quantitative estimate of drug-likeness (QED) is 0.178. The van der Waals surface area contributed by atoms with Gasteiger partial charge in [0, 0.05) is 60.3 Å². The van der Waals surface area contributed by atoms with Gasteiger partial charge < -0.3 is 8.97 Å². The maximum absolute atomic E-state index is 5.03. The summed E-state index contributed by atoms with van der Waals surface area (Å²) in [5, 5.41) is 7.56. The molecule has 5 heteroatoms. The van der Waals surface area contributed by atoms with E-state index >= 15 is 0 Å². The number of hydrogen-bond acceptors (Lipinski definition) is 3. The molecule has 0 saturated heterocycles. The minimum absolute atomic E-state index is 0.633. The third kappa shape index (κ3) is 4.52. The Morgan fingerprint density at radius 3 is 1.52 bits per heavy atom. The Labute approximate surface area is 321 Å². The Hall–Kier alpha value is -7.63. The summed E-state index contributed by atoms with van der Waals surface area (Å²) in [7, 11) is 0. The summed E-state index contributed by atoms with van der Waals surface area (Å²) >= 11 is 0. The first-order valence-electron chi connectivity index (χ1n) is 19.0. The summed E-state index contributed by atoms with van der Waals surface area (Å²) in [6.45, 7) is 0. The van der Waals surface area contributed by atoms with Crippen molar-refractivity contribution >= 4 is 59.9 Å². The van der Waals surface area contributed by atoms with Crippen LogP contribution in [0.3, 0.4) is 0 Å². The molecule has 0 aliphatic rings. The Morgan fingerprint density at radius 2 is 0.804 bits per heavy atom. The van der Waals surface area contributed by atoms with Crippen LogP contribution in [-0.4, -0.2) is 23.9 Å². The van der Waals surface area contributed by atoms with Crippen LogP contribution in [0.4, 0.5) is 0 Å². The molecule has 8 aromatic carbocycles. The fourth-order valence-corrected chi connectivity index (χ4v) is 8.84. The number of aromatic nitrogens is 5.